The Morgan fingerprint density at radius 2 is 2.29 bits per heavy atom. The van der Waals surface area contributed by atoms with Crippen LogP contribution in [0, 0.1) is 6.92 Å². The first kappa shape index (κ1) is 10.3. The molecule has 0 aliphatic heterocycles. The van der Waals surface area contributed by atoms with Crippen molar-refractivity contribution in [3.8, 4) is 0 Å². The van der Waals surface area contributed by atoms with E-state index in [4.69, 9.17) is 0 Å². The Kier molecular flexibility index (Phi) is 2.36. The lowest BCUT2D eigenvalue weighted by molar-refractivity contribution is 0.756. The minimum absolute atomic E-state index is 0.723. The van der Waals surface area contributed by atoms with Crippen molar-refractivity contribution < 1.29 is 0 Å². The Balaban J connectivity index is 1.76. The van der Waals surface area contributed by atoms with Crippen molar-refractivity contribution in [3.63, 3.8) is 0 Å². The van der Waals surface area contributed by atoms with E-state index in [1.165, 1.54) is 0 Å². The zero-order chi connectivity index (χ0) is 11.8. The van der Waals surface area contributed by atoms with Crippen LogP contribution in [0.25, 0.3) is 4.96 Å². The van der Waals surface area contributed by atoms with Crippen molar-refractivity contribution in [3.05, 3.63) is 35.4 Å². The molecule has 6 heteroatoms. The highest BCUT2D eigenvalue weighted by Crippen LogP contribution is 2.15. The van der Waals surface area contributed by atoms with E-state index in [0.717, 1.165) is 28.6 Å². The van der Waals surface area contributed by atoms with Crippen molar-refractivity contribution in [2.75, 3.05) is 5.32 Å². The Labute approximate surface area is 103 Å². The number of hydrogen-bond donors (Lipinski definition) is 1. The second-order valence-corrected chi connectivity index (χ2v) is 4.85. The standard InChI is InChI=1S/C11H13N5S/c1-8-10(7-15(2)14-8)12-5-9-6-16-3-4-17-11(16)13-9/h3-4,6-7,12H,5H2,1-2H3. The van der Waals surface area contributed by atoms with E-state index < -0.39 is 0 Å². The molecule has 0 fully saturated rings. The molecule has 3 aromatic rings. The lowest BCUT2D eigenvalue weighted by atomic mass is 10.4. The molecule has 0 unspecified atom stereocenters. The second-order valence-electron chi connectivity index (χ2n) is 3.98. The number of imidazole rings is 1. The van der Waals surface area contributed by atoms with Gasteiger partial charge in [0.2, 0.25) is 0 Å². The molecule has 1 N–H and O–H groups in total. The number of aromatic nitrogens is 4. The van der Waals surface area contributed by atoms with E-state index in [1.54, 1.807) is 11.3 Å². The normalized spacial score (nSPS) is 11.2. The fourth-order valence-electron chi connectivity index (χ4n) is 1.82. The highest BCUT2D eigenvalue weighted by atomic mass is 32.1. The average molecular weight is 247 g/mol. The fraction of sp³-hybridized carbons (Fsp3) is 0.273. The molecule has 3 rings (SSSR count). The van der Waals surface area contributed by atoms with Gasteiger partial charge in [-0.05, 0) is 6.92 Å². The van der Waals surface area contributed by atoms with E-state index in [-0.39, 0.29) is 0 Å². The zero-order valence-electron chi connectivity index (χ0n) is 9.71. The number of anilines is 1. The van der Waals surface area contributed by atoms with Gasteiger partial charge in [-0.25, -0.2) is 4.98 Å². The molecular weight excluding hydrogens is 234 g/mol. The van der Waals surface area contributed by atoms with E-state index in [9.17, 15) is 0 Å². The van der Waals surface area contributed by atoms with Gasteiger partial charge < -0.3 is 5.32 Å². The Hall–Kier alpha value is -1.82. The van der Waals surface area contributed by atoms with Crippen LogP contribution in [0.2, 0.25) is 0 Å². The second kappa shape index (κ2) is 3.89. The summed E-state index contributed by atoms with van der Waals surface area (Å²) in [5.74, 6) is 0. The molecule has 3 heterocycles. The first-order chi connectivity index (χ1) is 8.22. The maximum absolute atomic E-state index is 4.52. The van der Waals surface area contributed by atoms with Crippen LogP contribution in [-0.2, 0) is 13.6 Å². The maximum atomic E-state index is 4.52. The molecule has 0 atom stereocenters. The zero-order valence-corrected chi connectivity index (χ0v) is 10.5. The molecule has 0 radical (unpaired) electrons. The van der Waals surface area contributed by atoms with E-state index in [0.29, 0.717) is 0 Å². The van der Waals surface area contributed by atoms with Gasteiger partial charge >= 0.3 is 0 Å². The third-order valence-electron chi connectivity index (χ3n) is 2.62. The monoisotopic (exact) mass is 247 g/mol. The Bertz CT molecular complexity index is 619. The molecule has 0 saturated heterocycles. The van der Waals surface area contributed by atoms with Crippen molar-refractivity contribution >= 4 is 22.0 Å². The first-order valence-electron chi connectivity index (χ1n) is 5.37. The molecule has 5 nitrogen and oxygen atoms in total. The van der Waals surface area contributed by atoms with Gasteiger partial charge in [0.15, 0.2) is 4.96 Å². The Morgan fingerprint density at radius 3 is 3.00 bits per heavy atom. The van der Waals surface area contributed by atoms with E-state index in [2.05, 4.69) is 15.4 Å². The van der Waals surface area contributed by atoms with Crippen molar-refractivity contribution in [1.29, 1.82) is 0 Å². The molecule has 0 aliphatic rings. The van der Waals surface area contributed by atoms with Gasteiger partial charge in [-0.3, -0.25) is 9.08 Å². The largest absolute Gasteiger partial charge is 0.377 e. The minimum atomic E-state index is 0.723. The summed E-state index contributed by atoms with van der Waals surface area (Å²) in [6.07, 6.45) is 6.05. The van der Waals surface area contributed by atoms with Crippen LogP contribution in [0.5, 0.6) is 0 Å². The molecular formula is C11H13N5S. The molecule has 0 amide bonds. The van der Waals surface area contributed by atoms with Gasteiger partial charge in [0.25, 0.3) is 0 Å². The Morgan fingerprint density at radius 1 is 1.41 bits per heavy atom. The number of nitrogens with one attached hydrogen (secondary N) is 1. The van der Waals surface area contributed by atoms with Crippen molar-refractivity contribution in [2.24, 2.45) is 7.05 Å². The molecule has 3 aromatic heterocycles. The fourth-order valence-corrected chi connectivity index (χ4v) is 2.54. The van der Waals surface area contributed by atoms with Gasteiger partial charge in [-0.2, -0.15) is 5.10 Å². The lowest BCUT2D eigenvalue weighted by Gasteiger charge is -2.00. The summed E-state index contributed by atoms with van der Waals surface area (Å²) in [4.78, 5) is 5.55. The SMILES string of the molecule is Cc1nn(C)cc1NCc1cn2ccsc2n1. The summed E-state index contributed by atoms with van der Waals surface area (Å²) in [5, 5.41) is 9.67. The van der Waals surface area contributed by atoms with Gasteiger partial charge in [0, 0.05) is 31.0 Å². The summed E-state index contributed by atoms with van der Waals surface area (Å²) in [6.45, 7) is 2.72. The molecule has 0 saturated carbocycles. The highest BCUT2D eigenvalue weighted by molar-refractivity contribution is 7.15. The van der Waals surface area contributed by atoms with Crippen molar-refractivity contribution in [2.45, 2.75) is 13.5 Å². The van der Waals surface area contributed by atoms with Crippen LogP contribution < -0.4 is 5.32 Å². The lowest BCUT2D eigenvalue weighted by Crippen LogP contribution is -1.99. The molecule has 0 bridgehead atoms. The molecule has 0 aromatic carbocycles. The molecule has 0 spiro atoms. The van der Waals surface area contributed by atoms with Crippen LogP contribution in [0.15, 0.2) is 24.0 Å². The van der Waals surface area contributed by atoms with Crippen LogP contribution in [0.4, 0.5) is 5.69 Å². The molecule has 0 aliphatic carbocycles. The van der Waals surface area contributed by atoms with Crippen LogP contribution >= 0.6 is 11.3 Å². The number of hydrogen-bond acceptors (Lipinski definition) is 4. The third-order valence-corrected chi connectivity index (χ3v) is 3.39. The minimum Gasteiger partial charge on any atom is -0.377 e. The molecule has 88 valence electrons. The number of thiazole rings is 1. The smallest absolute Gasteiger partial charge is 0.193 e. The van der Waals surface area contributed by atoms with Gasteiger partial charge in [0.05, 0.1) is 23.6 Å². The van der Waals surface area contributed by atoms with Gasteiger partial charge in [-0.1, -0.05) is 0 Å². The first-order valence-corrected chi connectivity index (χ1v) is 6.25. The van der Waals surface area contributed by atoms with Crippen LogP contribution in [-0.4, -0.2) is 19.2 Å². The quantitative estimate of drug-likeness (QED) is 0.770. The highest BCUT2D eigenvalue weighted by Gasteiger charge is 2.05. The van der Waals surface area contributed by atoms with E-state index in [1.807, 2.05) is 47.0 Å². The van der Waals surface area contributed by atoms with E-state index >= 15 is 0 Å². The summed E-state index contributed by atoms with van der Waals surface area (Å²) in [6, 6.07) is 0. The molecule has 17 heavy (non-hydrogen) atoms. The number of fused-ring (bicyclic) bond motifs is 1. The van der Waals surface area contributed by atoms with Gasteiger partial charge in [-0.15, -0.1) is 11.3 Å². The topological polar surface area (TPSA) is 47.2 Å². The number of nitrogens with zero attached hydrogens (tertiary/aromatic N) is 4. The van der Waals surface area contributed by atoms with Crippen molar-refractivity contribution in [1.82, 2.24) is 19.2 Å². The summed E-state index contributed by atoms with van der Waals surface area (Å²) >= 11 is 1.64. The predicted molar refractivity (Wildman–Crippen MR) is 68.3 cm³/mol. The van der Waals surface area contributed by atoms with Gasteiger partial charge in [0.1, 0.15) is 0 Å². The summed E-state index contributed by atoms with van der Waals surface area (Å²) < 4.78 is 3.85. The van der Waals surface area contributed by atoms with Crippen LogP contribution in [0.1, 0.15) is 11.4 Å². The average Bonchev–Trinajstić information content (AvgIpc) is 2.89. The third kappa shape index (κ3) is 1.91. The number of rotatable bonds is 3. The summed E-state index contributed by atoms with van der Waals surface area (Å²) in [7, 11) is 1.92. The summed E-state index contributed by atoms with van der Waals surface area (Å²) in [5.41, 5.74) is 3.11. The maximum Gasteiger partial charge on any atom is 0.193 e. The van der Waals surface area contributed by atoms with Crippen LogP contribution in [0.3, 0.4) is 0 Å². The number of aryl methyl sites for hydroxylation is 2. The predicted octanol–water partition coefficient (Wildman–Crippen LogP) is 2.05.